The summed E-state index contributed by atoms with van der Waals surface area (Å²) in [5.41, 5.74) is 2.01. The first-order chi connectivity index (χ1) is 8.24. The van der Waals surface area contributed by atoms with Crippen LogP contribution in [0.15, 0.2) is 35.1 Å². The van der Waals surface area contributed by atoms with Crippen molar-refractivity contribution < 1.29 is 4.74 Å². The van der Waals surface area contributed by atoms with Crippen LogP contribution in [0.4, 0.5) is 5.95 Å². The van der Waals surface area contributed by atoms with Gasteiger partial charge in [0.15, 0.2) is 0 Å². The predicted octanol–water partition coefficient (Wildman–Crippen LogP) is 2.96. The van der Waals surface area contributed by atoms with E-state index in [0.29, 0.717) is 5.95 Å². The van der Waals surface area contributed by atoms with Crippen LogP contribution in [-0.2, 0) is 0 Å². The van der Waals surface area contributed by atoms with Gasteiger partial charge < -0.3 is 10.1 Å². The van der Waals surface area contributed by atoms with E-state index in [1.165, 1.54) is 0 Å². The van der Waals surface area contributed by atoms with E-state index >= 15 is 0 Å². The Hall–Kier alpha value is -1.62. The fourth-order valence-corrected chi connectivity index (χ4v) is 1.99. The molecule has 1 N–H and O–H groups in total. The minimum Gasteiger partial charge on any atom is -0.496 e. The molecule has 2 aromatic rings. The fourth-order valence-electron chi connectivity index (χ4n) is 1.45. The summed E-state index contributed by atoms with van der Waals surface area (Å²) in [5.74, 6) is 1.42. The average molecular weight is 294 g/mol. The Morgan fingerprint density at radius 2 is 1.88 bits per heavy atom. The third-order valence-corrected chi connectivity index (χ3v) is 2.98. The molecule has 1 aromatic carbocycles. The number of hydrogen-bond donors (Lipinski definition) is 1. The molecule has 88 valence electrons. The van der Waals surface area contributed by atoms with Crippen LogP contribution in [0.1, 0.15) is 0 Å². The van der Waals surface area contributed by atoms with Gasteiger partial charge in [0.25, 0.3) is 0 Å². The number of nitrogens with zero attached hydrogens (tertiary/aromatic N) is 2. The molecule has 1 aromatic heterocycles. The third-order valence-electron chi connectivity index (χ3n) is 2.36. The normalized spacial score (nSPS) is 10.1. The lowest BCUT2D eigenvalue weighted by Gasteiger charge is -2.06. The number of ether oxygens (including phenoxy) is 1. The Morgan fingerprint density at radius 3 is 2.41 bits per heavy atom. The minimum absolute atomic E-state index is 0.612. The molecule has 2 rings (SSSR count). The smallest absolute Gasteiger partial charge is 0.222 e. The van der Waals surface area contributed by atoms with Crippen molar-refractivity contribution in [2.75, 3.05) is 19.5 Å². The summed E-state index contributed by atoms with van der Waals surface area (Å²) in [7, 11) is 3.43. The summed E-state index contributed by atoms with van der Waals surface area (Å²) in [4.78, 5) is 8.35. The van der Waals surface area contributed by atoms with Gasteiger partial charge in [0.05, 0.1) is 11.6 Å². The molecule has 0 radical (unpaired) electrons. The van der Waals surface area contributed by atoms with Gasteiger partial charge in [-0.3, -0.25) is 0 Å². The highest BCUT2D eigenvalue weighted by atomic mass is 79.9. The van der Waals surface area contributed by atoms with Gasteiger partial charge in [0.2, 0.25) is 5.95 Å². The second-order valence-corrected chi connectivity index (χ2v) is 4.25. The van der Waals surface area contributed by atoms with Gasteiger partial charge in [-0.15, -0.1) is 0 Å². The standard InChI is InChI=1S/C12H12BrN3O/c1-14-12-15-6-9(7-16-12)8-3-4-11(17-2)10(13)5-8/h3-7H,1-2H3,(H,14,15,16). The highest BCUT2D eigenvalue weighted by Crippen LogP contribution is 2.29. The van der Waals surface area contributed by atoms with Crippen LogP contribution in [0.25, 0.3) is 11.1 Å². The predicted molar refractivity (Wildman–Crippen MR) is 71.3 cm³/mol. The van der Waals surface area contributed by atoms with Crippen molar-refractivity contribution in [1.82, 2.24) is 9.97 Å². The highest BCUT2D eigenvalue weighted by Gasteiger charge is 2.04. The first-order valence-electron chi connectivity index (χ1n) is 5.08. The molecule has 0 aliphatic heterocycles. The molecular formula is C12H12BrN3O. The Morgan fingerprint density at radius 1 is 1.18 bits per heavy atom. The molecule has 0 saturated heterocycles. The van der Waals surface area contributed by atoms with Crippen LogP contribution in [0.3, 0.4) is 0 Å². The first kappa shape index (κ1) is 11.9. The number of methoxy groups -OCH3 is 1. The maximum absolute atomic E-state index is 5.18. The van der Waals surface area contributed by atoms with Gasteiger partial charge in [-0.2, -0.15) is 0 Å². The van der Waals surface area contributed by atoms with Crippen molar-refractivity contribution in [1.29, 1.82) is 0 Å². The molecule has 0 aliphatic carbocycles. The zero-order chi connectivity index (χ0) is 12.3. The lowest BCUT2D eigenvalue weighted by molar-refractivity contribution is 0.412. The molecule has 0 amide bonds. The lowest BCUT2D eigenvalue weighted by atomic mass is 10.1. The monoisotopic (exact) mass is 293 g/mol. The molecule has 0 aliphatic rings. The zero-order valence-corrected chi connectivity index (χ0v) is 11.2. The molecular weight excluding hydrogens is 282 g/mol. The lowest BCUT2D eigenvalue weighted by Crippen LogP contribution is -1.95. The van der Waals surface area contributed by atoms with Crippen LogP contribution in [0.2, 0.25) is 0 Å². The van der Waals surface area contributed by atoms with Crippen molar-refractivity contribution in [3.63, 3.8) is 0 Å². The molecule has 0 saturated carbocycles. The number of benzene rings is 1. The Bertz CT molecular complexity index is 514. The van der Waals surface area contributed by atoms with Gasteiger partial charge in [-0.25, -0.2) is 9.97 Å². The van der Waals surface area contributed by atoms with Crippen LogP contribution in [0.5, 0.6) is 5.75 Å². The largest absolute Gasteiger partial charge is 0.496 e. The Balaban J connectivity index is 2.35. The molecule has 4 nitrogen and oxygen atoms in total. The van der Waals surface area contributed by atoms with E-state index in [9.17, 15) is 0 Å². The van der Waals surface area contributed by atoms with E-state index in [-0.39, 0.29) is 0 Å². The molecule has 1 heterocycles. The van der Waals surface area contributed by atoms with E-state index in [1.54, 1.807) is 26.6 Å². The van der Waals surface area contributed by atoms with Crippen LogP contribution >= 0.6 is 15.9 Å². The molecule has 0 atom stereocenters. The Kier molecular flexibility index (Phi) is 3.58. The Labute approximate surface area is 108 Å². The minimum atomic E-state index is 0.612. The van der Waals surface area contributed by atoms with E-state index in [2.05, 4.69) is 31.2 Å². The molecule has 5 heteroatoms. The number of anilines is 1. The van der Waals surface area contributed by atoms with E-state index in [0.717, 1.165) is 21.3 Å². The zero-order valence-electron chi connectivity index (χ0n) is 9.57. The second kappa shape index (κ2) is 5.14. The van der Waals surface area contributed by atoms with E-state index in [1.807, 2.05) is 18.2 Å². The topological polar surface area (TPSA) is 47.0 Å². The van der Waals surface area contributed by atoms with Crippen LogP contribution < -0.4 is 10.1 Å². The van der Waals surface area contributed by atoms with Crippen molar-refractivity contribution in [3.8, 4) is 16.9 Å². The molecule has 17 heavy (non-hydrogen) atoms. The molecule has 0 fully saturated rings. The maximum atomic E-state index is 5.18. The van der Waals surface area contributed by atoms with E-state index in [4.69, 9.17) is 4.74 Å². The highest BCUT2D eigenvalue weighted by molar-refractivity contribution is 9.10. The van der Waals surface area contributed by atoms with Crippen LogP contribution in [-0.4, -0.2) is 24.1 Å². The second-order valence-electron chi connectivity index (χ2n) is 3.39. The van der Waals surface area contributed by atoms with Gasteiger partial charge in [-0.05, 0) is 33.6 Å². The van der Waals surface area contributed by atoms with Crippen molar-refractivity contribution in [2.24, 2.45) is 0 Å². The molecule has 0 unspecified atom stereocenters. The average Bonchev–Trinajstić information content (AvgIpc) is 2.39. The summed E-state index contributed by atoms with van der Waals surface area (Å²) in [6, 6.07) is 5.86. The first-order valence-corrected chi connectivity index (χ1v) is 5.87. The fraction of sp³-hybridized carbons (Fsp3) is 0.167. The summed E-state index contributed by atoms with van der Waals surface area (Å²) in [6.07, 6.45) is 3.57. The summed E-state index contributed by atoms with van der Waals surface area (Å²) in [6.45, 7) is 0. The summed E-state index contributed by atoms with van der Waals surface area (Å²) < 4.78 is 6.10. The maximum Gasteiger partial charge on any atom is 0.222 e. The SMILES string of the molecule is CNc1ncc(-c2ccc(OC)c(Br)c2)cn1. The van der Waals surface area contributed by atoms with E-state index < -0.39 is 0 Å². The summed E-state index contributed by atoms with van der Waals surface area (Å²) >= 11 is 3.45. The quantitative estimate of drug-likeness (QED) is 0.945. The number of halogens is 1. The number of rotatable bonds is 3. The number of hydrogen-bond acceptors (Lipinski definition) is 4. The molecule has 0 spiro atoms. The number of aromatic nitrogens is 2. The van der Waals surface area contributed by atoms with Crippen molar-refractivity contribution in [3.05, 3.63) is 35.1 Å². The molecule has 0 bridgehead atoms. The third kappa shape index (κ3) is 2.55. The van der Waals surface area contributed by atoms with Crippen LogP contribution in [0, 0.1) is 0 Å². The van der Waals surface area contributed by atoms with Crippen molar-refractivity contribution >= 4 is 21.9 Å². The van der Waals surface area contributed by atoms with Gasteiger partial charge in [-0.1, -0.05) is 6.07 Å². The number of nitrogens with one attached hydrogen (secondary N) is 1. The summed E-state index contributed by atoms with van der Waals surface area (Å²) in [5, 5.41) is 2.88. The van der Waals surface area contributed by atoms with Gasteiger partial charge in [0.1, 0.15) is 5.75 Å². The van der Waals surface area contributed by atoms with Gasteiger partial charge >= 0.3 is 0 Å². The van der Waals surface area contributed by atoms with Crippen molar-refractivity contribution in [2.45, 2.75) is 0 Å². The van der Waals surface area contributed by atoms with Gasteiger partial charge in [0, 0.05) is 25.0 Å².